The molecule has 1 aromatic carbocycles. The van der Waals surface area contributed by atoms with E-state index in [1.165, 1.54) is 23.1 Å². The van der Waals surface area contributed by atoms with Gasteiger partial charge in [0.15, 0.2) is 0 Å². The van der Waals surface area contributed by atoms with E-state index in [0.717, 1.165) is 5.56 Å². The Morgan fingerprint density at radius 2 is 2.11 bits per heavy atom. The van der Waals surface area contributed by atoms with Gasteiger partial charge in [-0.05, 0) is 42.8 Å². The van der Waals surface area contributed by atoms with Gasteiger partial charge in [0.2, 0.25) is 5.91 Å². The molecular formula is C21H20FN3O3. The maximum atomic E-state index is 14.2. The van der Waals surface area contributed by atoms with Gasteiger partial charge in [-0.1, -0.05) is 11.8 Å². The lowest BCUT2D eigenvalue weighted by molar-refractivity contribution is -0.138. The van der Waals surface area contributed by atoms with Crippen LogP contribution >= 0.6 is 0 Å². The number of aryl methyl sites for hydroxylation is 1. The average molecular weight is 381 g/mol. The van der Waals surface area contributed by atoms with E-state index in [1.54, 1.807) is 26.1 Å². The summed E-state index contributed by atoms with van der Waals surface area (Å²) in [6, 6.07) is 7.59. The van der Waals surface area contributed by atoms with Gasteiger partial charge in [0.1, 0.15) is 17.1 Å². The molecule has 1 fully saturated rings. The van der Waals surface area contributed by atoms with Gasteiger partial charge in [-0.15, -0.1) is 0 Å². The zero-order chi connectivity index (χ0) is 20.5. The Hall–Kier alpha value is -3.24. The van der Waals surface area contributed by atoms with Crippen molar-refractivity contribution in [2.75, 3.05) is 13.6 Å². The van der Waals surface area contributed by atoms with Crippen molar-refractivity contribution in [3.63, 3.8) is 0 Å². The molecule has 3 rings (SSSR count). The quantitative estimate of drug-likeness (QED) is 0.773. The van der Waals surface area contributed by atoms with Crippen LogP contribution in [0, 0.1) is 24.6 Å². The number of hydrogen-bond donors (Lipinski definition) is 2. The molecule has 1 unspecified atom stereocenters. The maximum Gasteiger partial charge on any atom is 0.267 e. The molecule has 1 aromatic heterocycles. The Labute approximate surface area is 162 Å². The highest BCUT2D eigenvalue weighted by Crippen LogP contribution is 2.24. The molecule has 1 aliphatic rings. The van der Waals surface area contributed by atoms with Crippen molar-refractivity contribution in [3.05, 3.63) is 53.0 Å². The van der Waals surface area contributed by atoms with Crippen molar-refractivity contribution in [1.82, 2.24) is 9.88 Å². The summed E-state index contributed by atoms with van der Waals surface area (Å²) in [6.45, 7) is 2.18. The first-order valence-corrected chi connectivity index (χ1v) is 8.75. The second-order valence-corrected chi connectivity index (χ2v) is 7.00. The molecule has 7 heteroatoms. The Balaban J connectivity index is 1.96. The van der Waals surface area contributed by atoms with Gasteiger partial charge < -0.3 is 15.7 Å². The molecule has 0 bridgehead atoms. The summed E-state index contributed by atoms with van der Waals surface area (Å²) in [4.78, 5) is 29.0. The minimum absolute atomic E-state index is 0.0706. The van der Waals surface area contributed by atoms with Gasteiger partial charge in [0.05, 0.1) is 17.7 Å². The number of carbonyl (C=O) groups is 2. The normalized spacial score (nSPS) is 19.1. The second kappa shape index (κ2) is 7.41. The maximum absolute atomic E-state index is 14.2. The molecule has 28 heavy (non-hydrogen) atoms. The number of hydrogen-bond acceptors (Lipinski definition) is 4. The van der Waals surface area contributed by atoms with Gasteiger partial charge in [-0.2, -0.15) is 0 Å². The summed E-state index contributed by atoms with van der Waals surface area (Å²) in [5.74, 6) is 3.89. The number of pyridine rings is 1. The molecule has 1 aliphatic heterocycles. The first-order valence-electron chi connectivity index (χ1n) is 8.75. The van der Waals surface area contributed by atoms with Crippen molar-refractivity contribution in [3.8, 4) is 23.1 Å². The molecule has 1 atom stereocenters. The number of carbonyl (C=O) groups excluding carboxylic acids is 2. The molecule has 0 saturated carbocycles. The van der Waals surface area contributed by atoms with Crippen LogP contribution in [-0.2, 0) is 4.79 Å². The van der Waals surface area contributed by atoms with Crippen molar-refractivity contribution < 1.29 is 19.1 Å². The fraction of sp³-hybridized carbons (Fsp3) is 0.286. The number of rotatable bonds is 2. The predicted octanol–water partition coefficient (Wildman–Crippen LogP) is 1.63. The predicted molar refractivity (Wildman–Crippen MR) is 102 cm³/mol. The fourth-order valence-corrected chi connectivity index (χ4v) is 2.96. The van der Waals surface area contributed by atoms with Gasteiger partial charge in [-0.3, -0.25) is 9.59 Å². The van der Waals surface area contributed by atoms with Crippen molar-refractivity contribution in [2.24, 2.45) is 5.73 Å². The lowest BCUT2D eigenvalue weighted by atomic mass is 9.91. The summed E-state index contributed by atoms with van der Waals surface area (Å²) in [5.41, 5.74) is 5.82. The third-order valence-electron chi connectivity index (χ3n) is 4.64. The van der Waals surface area contributed by atoms with E-state index in [2.05, 4.69) is 16.8 Å². The average Bonchev–Trinajstić information content (AvgIpc) is 2.64. The van der Waals surface area contributed by atoms with E-state index in [-0.39, 0.29) is 23.6 Å². The monoisotopic (exact) mass is 381 g/mol. The number of piperidine rings is 1. The highest BCUT2D eigenvalue weighted by molar-refractivity contribution is 5.91. The number of nitrogens with two attached hydrogens (primary N) is 1. The largest absolute Gasteiger partial charge is 0.377 e. The zero-order valence-electron chi connectivity index (χ0n) is 15.6. The number of likely N-dealkylation sites (tertiary alicyclic amines) is 1. The zero-order valence-corrected chi connectivity index (χ0v) is 15.6. The standard InChI is InChI=1S/C21H20FN3O3/c1-13-9-17(24-18(10-13)20(23)27)15-3-4-16(22)14(11-15)5-6-21(28)7-8-25(2)19(26)12-21/h3-4,9-11,28H,7-8,12H2,1-2H3,(H2,23,27). The fourth-order valence-electron chi connectivity index (χ4n) is 2.96. The van der Waals surface area contributed by atoms with Crippen molar-refractivity contribution >= 4 is 11.8 Å². The van der Waals surface area contributed by atoms with E-state index < -0.39 is 17.3 Å². The molecule has 6 nitrogen and oxygen atoms in total. The van der Waals surface area contributed by atoms with Crippen LogP contribution in [-0.4, -0.2) is 46.0 Å². The van der Waals surface area contributed by atoms with Crippen molar-refractivity contribution in [1.29, 1.82) is 0 Å². The minimum Gasteiger partial charge on any atom is -0.377 e. The van der Waals surface area contributed by atoms with Crippen LogP contribution in [0.2, 0.25) is 0 Å². The van der Waals surface area contributed by atoms with E-state index in [1.807, 2.05) is 0 Å². The molecule has 2 heterocycles. The molecule has 144 valence electrons. The Kier molecular flexibility index (Phi) is 5.16. The topological polar surface area (TPSA) is 96.5 Å². The Morgan fingerprint density at radius 1 is 1.36 bits per heavy atom. The third-order valence-corrected chi connectivity index (χ3v) is 4.64. The van der Waals surface area contributed by atoms with Crippen LogP contribution in [0.1, 0.15) is 34.5 Å². The summed E-state index contributed by atoms with van der Waals surface area (Å²) >= 11 is 0. The molecular weight excluding hydrogens is 361 g/mol. The van der Waals surface area contributed by atoms with Gasteiger partial charge >= 0.3 is 0 Å². The number of primary amides is 1. The second-order valence-electron chi connectivity index (χ2n) is 7.00. The number of halogens is 1. The van der Waals surface area contributed by atoms with Gasteiger partial charge in [0.25, 0.3) is 5.91 Å². The summed E-state index contributed by atoms with van der Waals surface area (Å²) in [5, 5.41) is 10.5. The van der Waals surface area contributed by atoms with E-state index in [9.17, 15) is 19.1 Å². The number of amides is 2. The smallest absolute Gasteiger partial charge is 0.267 e. The molecule has 0 spiro atoms. The summed E-state index contributed by atoms with van der Waals surface area (Å²) < 4.78 is 14.2. The van der Waals surface area contributed by atoms with Gasteiger partial charge in [-0.25, -0.2) is 9.37 Å². The third kappa shape index (κ3) is 4.18. The first kappa shape index (κ1) is 19.5. The van der Waals surface area contributed by atoms with Crippen LogP contribution < -0.4 is 5.73 Å². The molecule has 0 aliphatic carbocycles. The molecule has 2 amide bonds. The van der Waals surface area contributed by atoms with Gasteiger partial charge in [0, 0.05) is 25.6 Å². The molecule has 1 saturated heterocycles. The number of aliphatic hydroxyl groups is 1. The Bertz CT molecular complexity index is 1030. The van der Waals surface area contributed by atoms with Crippen LogP contribution in [0.5, 0.6) is 0 Å². The lowest BCUT2D eigenvalue weighted by Crippen LogP contribution is -2.45. The molecule has 0 radical (unpaired) electrons. The summed E-state index contributed by atoms with van der Waals surface area (Å²) in [6.07, 6.45) is 0.171. The number of nitrogens with zero attached hydrogens (tertiary/aromatic N) is 2. The van der Waals surface area contributed by atoms with Crippen LogP contribution in [0.3, 0.4) is 0 Å². The number of benzene rings is 1. The SMILES string of the molecule is Cc1cc(C(N)=O)nc(-c2ccc(F)c(C#CC3(O)CCN(C)C(=O)C3)c2)c1. The van der Waals surface area contributed by atoms with E-state index in [0.29, 0.717) is 24.2 Å². The molecule has 2 aromatic rings. The highest BCUT2D eigenvalue weighted by atomic mass is 19.1. The number of aromatic nitrogens is 1. The highest BCUT2D eigenvalue weighted by Gasteiger charge is 2.34. The Morgan fingerprint density at radius 3 is 2.79 bits per heavy atom. The van der Waals surface area contributed by atoms with Crippen LogP contribution in [0.4, 0.5) is 4.39 Å². The minimum atomic E-state index is -1.48. The molecule has 3 N–H and O–H groups in total. The van der Waals surface area contributed by atoms with E-state index >= 15 is 0 Å². The summed E-state index contributed by atoms with van der Waals surface area (Å²) in [7, 11) is 1.66. The van der Waals surface area contributed by atoms with E-state index in [4.69, 9.17) is 5.73 Å². The van der Waals surface area contributed by atoms with Crippen LogP contribution in [0.25, 0.3) is 11.3 Å². The first-order chi connectivity index (χ1) is 13.2. The van der Waals surface area contributed by atoms with Crippen LogP contribution in [0.15, 0.2) is 30.3 Å². The lowest BCUT2D eigenvalue weighted by Gasteiger charge is -2.32. The van der Waals surface area contributed by atoms with Crippen molar-refractivity contribution in [2.45, 2.75) is 25.4 Å².